The fraction of sp³-hybridized carbons (Fsp3) is 0.667. The average molecular weight is 219 g/mol. The van der Waals surface area contributed by atoms with Crippen LogP contribution in [0.2, 0.25) is 0 Å². The summed E-state index contributed by atoms with van der Waals surface area (Å²) in [4.78, 5) is 15.8. The highest BCUT2D eigenvalue weighted by Gasteiger charge is 2.42. The summed E-state index contributed by atoms with van der Waals surface area (Å²) >= 11 is 0. The highest BCUT2D eigenvalue weighted by Crippen LogP contribution is 2.41. The van der Waals surface area contributed by atoms with Crippen LogP contribution in [-0.2, 0) is 4.79 Å². The molecule has 2 fully saturated rings. The molecule has 0 aromatic carbocycles. The molecule has 2 aliphatic rings. The molecule has 1 aromatic heterocycles. The molecule has 0 spiro atoms. The first-order chi connectivity index (χ1) is 7.58. The largest absolute Gasteiger partial charge is 0.351 e. The maximum Gasteiger partial charge on any atom is 0.221 e. The van der Waals surface area contributed by atoms with Gasteiger partial charge in [-0.05, 0) is 26.7 Å². The van der Waals surface area contributed by atoms with E-state index < -0.39 is 0 Å². The van der Waals surface area contributed by atoms with Crippen molar-refractivity contribution in [2.75, 3.05) is 0 Å². The van der Waals surface area contributed by atoms with Crippen LogP contribution in [0.15, 0.2) is 12.5 Å². The van der Waals surface area contributed by atoms with Crippen LogP contribution in [0.4, 0.5) is 0 Å². The number of nitrogens with one attached hydrogen (secondary N) is 1. The fourth-order valence-corrected chi connectivity index (χ4v) is 2.65. The van der Waals surface area contributed by atoms with Crippen molar-refractivity contribution < 1.29 is 4.79 Å². The van der Waals surface area contributed by atoms with Crippen molar-refractivity contribution >= 4 is 5.91 Å². The van der Waals surface area contributed by atoms with E-state index in [2.05, 4.69) is 28.7 Å². The Balaban J connectivity index is 1.96. The van der Waals surface area contributed by atoms with Gasteiger partial charge in [0.1, 0.15) is 0 Å². The van der Waals surface area contributed by atoms with Crippen LogP contribution in [0.25, 0.3) is 0 Å². The summed E-state index contributed by atoms with van der Waals surface area (Å²) in [6.45, 7) is 4.18. The summed E-state index contributed by atoms with van der Waals surface area (Å²) in [6.07, 6.45) is 6.91. The number of imidazole rings is 1. The first-order valence-electron chi connectivity index (χ1n) is 5.90. The van der Waals surface area contributed by atoms with E-state index in [1.54, 1.807) is 0 Å². The number of hydrogen-bond donors (Lipinski definition) is 1. The predicted molar refractivity (Wildman–Crippen MR) is 60.1 cm³/mol. The molecule has 1 aliphatic carbocycles. The molecule has 4 nitrogen and oxygen atoms in total. The lowest BCUT2D eigenvalue weighted by Gasteiger charge is -2.27. The third-order valence-corrected chi connectivity index (χ3v) is 3.72. The Morgan fingerprint density at radius 1 is 1.50 bits per heavy atom. The third kappa shape index (κ3) is 1.44. The molecule has 1 N–H and O–H groups in total. The molecule has 3 rings (SSSR count). The number of rotatable bonds is 2. The Morgan fingerprint density at radius 3 is 2.81 bits per heavy atom. The van der Waals surface area contributed by atoms with Crippen molar-refractivity contribution in [3.05, 3.63) is 18.2 Å². The van der Waals surface area contributed by atoms with Crippen LogP contribution in [-0.4, -0.2) is 21.0 Å². The van der Waals surface area contributed by atoms with Gasteiger partial charge < -0.3 is 9.88 Å². The molecule has 1 unspecified atom stereocenters. The topological polar surface area (TPSA) is 46.9 Å². The second-order valence-electron chi connectivity index (χ2n) is 5.48. The SMILES string of the molecule is CC1(C)NC(=O)CC1c1cncn1C1CC1. The second kappa shape index (κ2) is 3.09. The molecule has 16 heavy (non-hydrogen) atoms. The van der Waals surface area contributed by atoms with Gasteiger partial charge in [0.15, 0.2) is 0 Å². The Hall–Kier alpha value is -1.32. The molecule has 1 aliphatic heterocycles. The van der Waals surface area contributed by atoms with Crippen molar-refractivity contribution in [1.29, 1.82) is 0 Å². The number of nitrogens with zero attached hydrogens (tertiary/aromatic N) is 2. The molecule has 1 aromatic rings. The first kappa shape index (κ1) is 9.87. The third-order valence-electron chi connectivity index (χ3n) is 3.72. The van der Waals surface area contributed by atoms with Gasteiger partial charge in [-0.15, -0.1) is 0 Å². The van der Waals surface area contributed by atoms with Crippen LogP contribution < -0.4 is 5.32 Å². The summed E-state index contributed by atoms with van der Waals surface area (Å²) < 4.78 is 2.26. The summed E-state index contributed by atoms with van der Waals surface area (Å²) in [6, 6.07) is 0.629. The van der Waals surface area contributed by atoms with Gasteiger partial charge in [-0.3, -0.25) is 4.79 Å². The minimum atomic E-state index is -0.149. The maximum atomic E-state index is 11.5. The lowest BCUT2D eigenvalue weighted by Crippen LogP contribution is -2.39. The van der Waals surface area contributed by atoms with Crippen LogP contribution >= 0.6 is 0 Å². The molecule has 0 bridgehead atoms. The van der Waals surface area contributed by atoms with Crippen LogP contribution in [0.3, 0.4) is 0 Å². The molecular formula is C12H17N3O. The number of aromatic nitrogens is 2. The van der Waals surface area contributed by atoms with Gasteiger partial charge in [-0.1, -0.05) is 0 Å². The average Bonchev–Trinajstić information content (AvgIpc) is 2.85. The Kier molecular flexibility index (Phi) is 1.91. The zero-order valence-corrected chi connectivity index (χ0v) is 9.73. The highest BCUT2D eigenvalue weighted by molar-refractivity contribution is 5.81. The molecule has 86 valence electrons. The molecule has 2 heterocycles. The molecule has 1 saturated carbocycles. The molecule has 1 amide bonds. The van der Waals surface area contributed by atoms with E-state index in [4.69, 9.17) is 0 Å². The van der Waals surface area contributed by atoms with E-state index in [9.17, 15) is 4.79 Å². The molecule has 1 saturated heterocycles. The van der Waals surface area contributed by atoms with Gasteiger partial charge in [-0.2, -0.15) is 0 Å². The van der Waals surface area contributed by atoms with Crippen LogP contribution in [0, 0.1) is 0 Å². The summed E-state index contributed by atoms with van der Waals surface area (Å²) in [7, 11) is 0. The smallest absolute Gasteiger partial charge is 0.221 e. The quantitative estimate of drug-likeness (QED) is 0.821. The predicted octanol–water partition coefficient (Wildman–Crippen LogP) is 1.60. The van der Waals surface area contributed by atoms with Crippen molar-refractivity contribution in [1.82, 2.24) is 14.9 Å². The van der Waals surface area contributed by atoms with Crippen LogP contribution in [0.5, 0.6) is 0 Å². The zero-order valence-electron chi connectivity index (χ0n) is 9.73. The van der Waals surface area contributed by atoms with Gasteiger partial charge in [0, 0.05) is 35.8 Å². The van der Waals surface area contributed by atoms with E-state index in [-0.39, 0.29) is 17.4 Å². The van der Waals surface area contributed by atoms with Gasteiger partial charge in [0.05, 0.1) is 6.33 Å². The minimum Gasteiger partial charge on any atom is -0.351 e. The van der Waals surface area contributed by atoms with E-state index in [0.29, 0.717) is 12.5 Å². The number of carbonyl (C=O) groups is 1. The van der Waals surface area contributed by atoms with Crippen molar-refractivity contribution in [2.24, 2.45) is 0 Å². The Bertz CT molecular complexity index is 431. The van der Waals surface area contributed by atoms with Gasteiger partial charge in [-0.25, -0.2) is 4.98 Å². The summed E-state index contributed by atoms with van der Waals surface area (Å²) in [5.74, 6) is 0.404. The Morgan fingerprint density at radius 2 is 2.25 bits per heavy atom. The highest BCUT2D eigenvalue weighted by atomic mass is 16.2. The van der Waals surface area contributed by atoms with E-state index >= 15 is 0 Å². The van der Waals surface area contributed by atoms with Gasteiger partial charge in [0.25, 0.3) is 0 Å². The van der Waals surface area contributed by atoms with E-state index in [1.807, 2.05) is 12.5 Å². The summed E-state index contributed by atoms with van der Waals surface area (Å²) in [5, 5.41) is 3.04. The zero-order chi connectivity index (χ0) is 11.3. The van der Waals surface area contributed by atoms with Gasteiger partial charge in [0.2, 0.25) is 5.91 Å². The summed E-state index contributed by atoms with van der Waals surface area (Å²) in [5.41, 5.74) is 1.06. The van der Waals surface area contributed by atoms with Crippen molar-refractivity contribution in [2.45, 2.75) is 50.6 Å². The van der Waals surface area contributed by atoms with E-state index in [1.165, 1.54) is 18.5 Å². The maximum absolute atomic E-state index is 11.5. The molecule has 4 heteroatoms. The van der Waals surface area contributed by atoms with Crippen molar-refractivity contribution in [3.8, 4) is 0 Å². The monoisotopic (exact) mass is 219 g/mol. The standard InChI is InChI=1S/C12H17N3O/c1-12(2)9(5-11(16)14-12)10-6-13-7-15(10)8-3-4-8/h6-9H,3-5H2,1-2H3,(H,14,16). The normalized spacial score (nSPS) is 28.1. The number of hydrogen-bond acceptors (Lipinski definition) is 2. The molecule has 1 atom stereocenters. The second-order valence-corrected chi connectivity index (χ2v) is 5.48. The van der Waals surface area contributed by atoms with Crippen LogP contribution in [0.1, 0.15) is 50.8 Å². The molecular weight excluding hydrogens is 202 g/mol. The van der Waals surface area contributed by atoms with Gasteiger partial charge >= 0.3 is 0 Å². The van der Waals surface area contributed by atoms with Crippen molar-refractivity contribution in [3.63, 3.8) is 0 Å². The lowest BCUT2D eigenvalue weighted by atomic mass is 9.86. The first-order valence-corrected chi connectivity index (χ1v) is 5.90. The lowest BCUT2D eigenvalue weighted by molar-refractivity contribution is -0.119. The number of amides is 1. The minimum absolute atomic E-state index is 0.149. The number of carbonyl (C=O) groups excluding carboxylic acids is 1. The Labute approximate surface area is 95.1 Å². The molecule has 0 radical (unpaired) electrons. The van der Waals surface area contributed by atoms with E-state index in [0.717, 1.165) is 0 Å². The fourth-order valence-electron chi connectivity index (χ4n) is 2.65.